The van der Waals surface area contributed by atoms with E-state index in [9.17, 15) is 22.8 Å². The maximum absolute atomic E-state index is 13.0. The van der Waals surface area contributed by atoms with Crippen molar-refractivity contribution in [1.29, 1.82) is 0 Å². The van der Waals surface area contributed by atoms with E-state index in [0.717, 1.165) is 23.5 Å². The zero-order valence-electron chi connectivity index (χ0n) is 18.0. The molecule has 0 unspecified atom stereocenters. The second kappa shape index (κ2) is 11.3. The number of aliphatic hydroxyl groups is 1. The van der Waals surface area contributed by atoms with Crippen LogP contribution in [0.5, 0.6) is 0 Å². The van der Waals surface area contributed by atoms with E-state index in [2.05, 4.69) is 25.6 Å². The van der Waals surface area contributed by atoms with Crippen molar-refractivity contribution in [2.45, 2.75) is 25.4 Å². The highest BCUT2D eigenvalue weighted by Gasteiger charge is 2.33. The number of benzene rings is 1. The number of aliphatic hydroxyl groups excluding tert-OH is 1. The Kier molecular flexibility index (Phi) is 8.65. The van der Waals surface area contributed by atoms with Gasteiger partial charge in [-0.3, -0.25) is 9.59 Å². The van der Waals surface area contributed by atoms with Crippen molar-refractivity contribution in [2.24, 2.45) is 0 Å². The van der Waals surface area contributed by atoms with Crippen LogP contribution >= 0.6 is 34.5 Å². The fourth-order valence-electron chi connectivity index (χ4n) is 2.96. The number of Topliss-reactive ketones (excluding diaryl/α,β-unsaturated/α-hetero) is 1. The van der Waals surface area contributed by atoms with Crippen LogP contribution in [0.25, 0.3) is 0 Å². The maximum Gasteiger partial charge on any atom is 0.417 e. The summed E-state index contributed by atoms with van der Waals surface area (Å²) in [6, 6.07) is 3.06. The van der Waals surface area contributed by atoms with E-state index in [-0.39, 0.29) is 52.5 Å². The molecule has 1 amide bonds. The standard InChI is InChI=1S/C21H18Cl2F3N5O3S/c1-10(6-14(33)17-16(23)18(27-4-5-32)30-9-29-17)20-28-8-15(35-20)19(34)31-11-2-3-13(22)12(7-11)21(24,25)26/h2-3,7-10,32H,4-6H2,1H3,(H,31,34)(H,27,29,30)/t10-/m1/s1. The molecule has 2 heterocycles. The van der Waals surface area contributed by atoms with Crippen molar-refractivity contribution in [2.75, 3.05) is 23.8 Å². The van der Waals surface area contributed by atoms with E-state index < -0.39 is 28.6 Å². The predicted octanol–water partition coefficient (Wildman–Crippen LogP) is 5.29. The number of ketones is 1. The number of halogens is 5. The first-order chi connectivity index (χ1) is 16.5. The molecule has 3 N–H and O–H groups in total. The quantitative estimate of drug-likeness (QED) is 0.311. The smallest absolute Gasteiger partial charge is 0.395 e. The number of thiazole rings is 1. The molecule has 35 heavy (non-hydrogen) atoms. The minimum absolute atomic E-state index is 0.00619. The van der Waals surface area contributed by atoms with Gasteiger partial charge in [0, 0.05) is 24.6 Å². The van der Waals surface area contributed by atoms with E-state index in [0.29, 0.717) is 5.01 Å². The van der Waals surface area contributed by atoms with Gasteiger partial charge in [0.15, 0.2) is 5.78 Å². The molecule has 14 heteroatoms. The fourth-order valence-corrected chi connectivity index (χ4v) is 4.32. The molecule has 0 spiro atoms. The third-order valence-electron chi connectivity index (χ3n) is 4.65. The largest absolute Gasteiger partial charge is 0.417 e. The van der Waals surface area contributed by atoms with Gasteiger partial charge in [-0.25, -0.2) is 15.0 Å². The molecule has 0 saturated heterocycles. The van der Waals surface area contributed by atoms with Gasteiger partial charge in [0.2, 0.25) is 0 Å². The first-order valence-corrected chi connectivity index (χ1v) is 11.6. The minimum Gasteiger partial charge on any atom is -0.395 e. The summed E-state index contributed by atoms with van der Waals surface area (Å²) in [7, 11) is 0. The van der Waals surface area contributed by atoms with Crippen LogP contribution < -0.4 is 10.6 Å². The molecule has 0 aliphatic carbocycles. The Bertz CT molecular complexity index is 1240. The maximum atomic E-state index is 13.0. The van der Waals surface area contributed by atoms with Crippen molar-refractivity contribution in [3.63, 3.8) is 0 Å². The van der Waals surface area contributed by atoms with Crippen molar-refractivity contribution < 1.29 is 27.9 Å². The number of nitrogens with zero attached hydrogens (tertiary/aromatic N) is 3. The number of nitrogens with one attached hydrogen (secondary N) is 2. The Morgan fingerprint density at radius 3 is 2.63 bits per heavy atom. The molecule has 186 valence electrons. The number of aromatic nitrogens is 3. The second-order valence-corrected chi connectivity index (χ2v) is 9.12. The summed E-state index contributed by atoms with van der Waals surface area (Å²) >= 11 is 12.8. The monoisotopic (exact) mass is 547 g/mol. The summed E-state index contributed by atoms with van der Waals surface area (Å²) in [4.78, 5) is 37.5. The molecule has 0 radical (unpaired) electrons. The number of rotatable bonds is 9. The molecule has 3 rings (SSSR count). The van der Waals surface area contributed by atoms with Crippen LogP contribution in [0.15, 0.2) is 30.7 Å². The van der Waals surface area contributed by atoms with Crippen molar-refractivity contribution in [3.8, 4) is 0 Å². The van der Waals surface area contributed by atoms with Gasteiger partial charge in [0.1, 0.15) is 27.7 Å². The normalized spacial score (nSPS) is 12.3. The van der Waals surface area contributed by atoms with Crippen LogP contribution in [-0.2, 0) is 6.18 Å². The summed E-state index contributed by atoms with van der Waals surface area (Å²) in [5.41, 5.74) is -1.13. The number of hydrogen-bond acceptors (Lipinski definition) is 8. The van der Waals surface area contributed by atoms with E-state index >= 15 is 0 Å². The van der Waals surface area contributed by atoms with Crippen LogP contribution in [0.4, 0.5) is 24.7 Å². The molecule has 3 aromatic rings. The molecule has 0 saturated carbocycles. The lowest BCUT2D eigenvalue weighted by atomic mass is 10.0. The zero-order chi connectivity index (χ0) is 25.8. The highest BCUT2D eigenvalue weighted by molar-refractivity contribution is 7.13. The van der Waals surface area contributed by atoms with Crippen molar-refractivity contribution >= 4 is 57.7 Å². The third-order valence-corrected chi connectivity index (χ3v) is 6.56. The van der Waals surface area contributed by atoms with Crippen LogP contribution in [0.1, 0.15) is 50.0 Å². The summed E-state index contributed by atoms with van der Waals surface area (Å²) < 4.78 is 39.1. The van der Waals surface area contributed by atoms with Crippen LogP contribution in [0.3, 0.4) is 0 Å². The van der Waals surface area contributed by atoms with Crippen LogP contribution in [-0.4, -0.2) is 44.9 Å². The Hall–Kier alpha value is -2.80. The lowest BCUT2D eigenvalue weighted by Crippen LogP contribution is -2.12. The highest BCUT2D eigenvalue weighted by atomic mass is 35.5. The van der Waals surface area contributed by atoms with Gasteiger partial charge in [-0.1, -0.05) is 30.1 Å². The lowest BCUT2D eigenvalue weighted by molar-refractivity contribution is -0.137. The SMILES string of the molecule is C[C@H](CC(=O)c1ncnc(NCCO)c1Cl)c1ncc(C(=O)Nc2ccc(Cl)c(C(F)(F)F)c2)s1. The van der Waals surface area contributed by atoms with Crippen LogP contribution in [0.2, 0.25) is 10.0 Å². The van der Waals surface area contributed by atoms with Crippen molar-refractivity contribution in [1.82, 2.24) is 15.0 Å². The molecule has 0 bridgehead atoms. The molecule has 1 atom stereocenters. The number of anilines is 2. The first kappa shape index (κ1) is 26.8. The van der Waals surface area contributed by atoms with E-state index in [4.69, 9.17) is 28.3 Å². The Morgan fingerprint density at radius 1 is 1.20 bits per heavy atom. The summed E-state index contributed by atoms with van der Waals surface area (Å²) in [6.45, 7) is 1.77. The third kappa shape index (κ3) is 6.66. The van der Waals surface area contributed by atoms with E-state index in [1.165, 1.54) is 18.6 Å². The molecule has 0 fully saturated rings. The topological polar surface area (TPSA) is 117 Å². The molecule has 8 nitrogen and oxygen atoms in total. The van der Waals surface area contributed by atoms with Gasteiger partial charge in [-0.15, -0.1) is 11.3 Å². The Labute approximate surface area is 211 Å². The van der Waals surface area contributed by atoms with Gasteiger partial charge in [-0.05, 0) is 18.2 Å². The van der Waals surface area contributed by atoms with Gasteiger partial charge in [0.25, 0.3) is 5.91 Å². The molecular weight excluding hydrogens is 530 g/mol. The molecule has 1 aromatic carbocycles. The van der Waals surface area contributed by atoms with Gasteiger partial charge < -0.3 is 15.7 Å². The Morgan fingerprint density at radius 2 is 1.94 bits per heavy atom. The molecular formula is C21H18Cl2F3N5O3S. The number of amides is 1. The van der Waals surface area contributed by atoms with E-state index in [1.807, 2.05) is 0 Å². The Balaban J connectivity index is 1.69. The van der Waals surface area contributed by atoms with Gasteiger partial charge in [0.05, 0.1) is 28.4 Å². The molecule has 2 aromatic heterocycles. The van der Waals surface area contributed by atoms with Gasteiger partial charge in [-0.2, -0.15) is 13.2 Å². The van der Waals surface area contributed by atoms with Gasteiger partial charge >= 0.3 is 6.18 Å². The summed E-state index contributed by atoms with van der Waals surface area (Å²) in [6.07, 6.45) is -2.22. The van der Waals surface area contributed by atoms with E-state index in [1.54, 1.807) is 6.92 Å². The fraction of sp³-hybridized carbons (Fsp3) is 0.286. The number of carbonyl (C=O) groups excluding carboxylic acids is 2. The second-order valence-electron chi connectivity index (χ2n) is 7.27. The lowest BCUT2D eigenvalue weighted by Gasteiger charge is -2.11. The average molecular weight is 548 g/mol. The molecule has 0 aliphatic heterocycles. The van der Waals surface area contributed by atoms with Crippen LogP contribution in [0, 0.1) is 0 Å². The zero-order valence-corrected chi connectivity index (χ0v) is 20.3. The number of alkyl halides is 3. The minimum atomic E-state index is -4.67. The number of carbonyl (C=O) groups is 2. The molecule has 0 aliphatic rings. The average Bonchev–Trinajstić information content (AvgIpc) is 3.29. The van der Waals surface area contributed by atoms with Crippen molar-refractivity contribution in [3.05, 3.63) is 61.9 Å². The first-order valence-electron chi connectivity index (χ1n) is 10.0. The highest BCUT2D eigenvalue weighted by Crippen LogP contribution is 2.36. The number of hydrogen-bond donors (Lipinski definition) is 3. The predicted molar refractivity (Wildman–Crippen MR) is 127 cm³/mol. The summed E-state index contributed by atoms with van der Waals surface area (Å²) in [5, 5.41) is 14.1. The summed E-state index contributed by atoms with van der Waals surface area (Å²) in [5.74, 6) is -1.21.